The van der Waals surface area contributed by atoms with E-state index in [1.807, 2.05) is 13.8 Å². The van der Waals surface area contributed by atoms with Crippen LogP contribution in [0.1, 0.15) is 65.2 Å². The van der Waals surface area contributed by atoms with Crippen LogP contribution in [0.5, 0.6) is 0 Å². The minimum absolute atomic E-state index is 0.0631. The second-order valence-corrected chi connectivity index (χ2v) is 11.9. The molecule has 0 saturated carbocycles. The van der Waals surface area contributed by atoms with Crippen molar-refractivity contribution in [2.75, 3.05) is 26.2 Å². The summed E-state index contributed by atoms with van der Waals surface area (Å²) in [4.78, 5) is 94.3. The van der Waals surface area contributed by atoms with Gasteiger partial charge in [-0.15, -0.1) is 0 Å². The first-order chi connectivity index (χ1) is 21.6. The van der Waals surface area contributed by atoms with E-state index in [-0.39, 0.29) is 57.2 Å². The van der Waals surface area contributed by atoms with Gasteiger partial charge in [0.25, 0.3) is 0 Å². The van der Waals surface area contributed by atoms with Crippen molar-refractivity contribution in [3.05, 3.63) is 0 Å². The molecule has 2 aliphatic rings. The number of aliphatic carboxylic acids is 2. The fourth-order valence-corrected chi connectivity index (χ4v) is 5.52. The number of nitrogens with two attached hydrogens (primary N) is 3. The monoisotopic (exact) mass is 653 g/mol. The zero-order chi connectivity index (χ0) is 34.6. The second kappa shape index (κ2) is 17.9. The van der Waals surface area contributed by atoms with Crippen molar-refractivity contribution in [3.8, 4) is 0 Å². The molecule has 5 atom stereocenters. The fraction of sp³-hybridized carbons (Fsp3) is 0.714. The number of hydrogen-bond donors (Lipinski definition) is 8. The van der Waals surface area contributed by atoms with Crippen molar-refractivity contribution in [2.45, 2.75) is 95.4 Å². The van der Waals surface area contributed by atoms with E-state index in [9.17, 15) is 38.7 Å². The first kappa shape index (κ1) is 37.7. The van der Waals surface area contributed by atoms with Crippen LogP contribution in [0, 0.1) is 5.92 Å². The lowest BCUT2D eigenvalue weighted by molar-refractivity contribution is -0.148. The standard InChI is InChI=1S/C28H47N9O9/c1-15(2)12-18(23(41)33-14-21(38)36-10-5-8-20(36)27(45)46)35-24(42)17(6-3-9-32-28(30)31)34-25(43)19-7-4-11-37(19)26(44)16(29)13-22(39)40/h15-20H,3-14,29H2,1-2H3,(H,33,41)(H,34,43)(H,35,42)(H,39,40)(H,45,46)(H4,30,31,32)/t16-,17-,18-,19-,20-/m0/s1. The summed E-state index contributed by atoms with van der Waals surface area (Å²) in [5.41, 5.74) is 16.5. The molecule has 0 unspecified atom stereocenters. The van der Waals surface area contributed by atoms with Crippen LogP contribution in [-0.2, 0) is 33.6 Å². The number of nitrogens with one attached hydrogen (secondary N) is 3. The molecular weight excluding hydrogens is 606 g/mol. The lowest BCUT2D eigenvalue weighted by Crippen LogP contribution is -2.58. The summed E-state index contributed by atoms with van der Waals surface area (Å²) in [5, 5.41) is 26.2. The van der Waals surface area contributed by atoms with Crippen LogP contribution >= 0.6 is 0 Å². The van der Waals surface area contributed by atoms with Crippen LogP contribution < -0.4 is 33.2 Å². The topological polar surface area (TPSA) is 293 Å². The molecule has 0 bridgehead atoms. The molecule has 258 valence electrons. The first-order valence-electron chi connectivity index (χ1n) is 15.4. The minimum atomic E-state index is -1.34. The van der Waals surface area contributed by atoms with Gasteiger partial charge in [0.15, 0.2) is 5.96 Å². The van der Waals surface area contributed by atoms with Crippen molar-refractivity contribution in [3.63, 3.8) is 0 Å². The van der Waals surface area contributed by atoms with Crippen molar-refractivity contribution < 1.29 is 43.8 Å². The predicted molar refractivity (Wildman–Crippen MR) is 164 cm³/mol. The molecule has 0 aromatic carbocycles. The number of guanidine groups is 1. The van der Waals surface area contributed by atoms with Crippen LogP contribution in [0.25, 0.3) is 0 Å². The number of aliphatic imine (C=N–C) groups is 1. The third-order valence-electron chi connectivity index (χ3n) is 7.74. The van der Waals surface area contributed by atoms with Gasteiger partial charge in [-0.05, 0) is 50.9 Å². The van der Waals surface area contributed by atoms with E-state index in [4.69, 9.17) is 22.3 Å². The molecule has 2 rings (SSSR count). The number of carboxylic acid groups (broad SMARTS) is 2. The van der Waals surface area contributed by atoms with Gasteiger partial charge in [-0.1, -0.05) is 13.8 Å². The van der Waals surface area contributed by atoms with Gasteiger partial charge < -0.3 is 53.2 Å². The Bertz CT molecular complexity index is 1180. The molecule has 2 aliphatic heterocycles. The van der Waals surface area contributed by atoms with Crippen LogP contribution in [0.2, 0.25) is 0 Å². The van der Waals surface area contributed by atoms with Crippen molar-refractivity contribution in [1.82, 2.24) is 25.8 Å². The molecule has 18 heteroatoms. The van der Waals surface area contributed by atoms with Crippen LogP contribution in [-0.4, -0.2) is 124 Å². The van der Waals surface area contributed by atoms with E-state index in [0.717, 1.165) is 0 Å². The SMILES string of the molecule is CC(C)C[C@H](NC(=O)[C@H](CCCN=C(N)N)NC(=O)[C@@H]1CCCN1C(=O)[C@@H](N)CC(=O)O)C(=O)NCC(=O)N1CCC[C@H]1C(=O)O. The maximum atomic E-state index is 13.5. The van der Waals surface area contributed by atoms with E-state index in [2.05, 4.69) is 20.9 Å². The van der Waals surface area contributed by atoms with Gasteiger partial charge >= 0.3 is 11.9 Å². The summed E-state index contributed by atoms with van der Waals surface area (Å²) < 4.78 is 0. The number of likely N-dealkylation sites (tertiary alicyclic amines) is 2. The maximum absolute atomic E-state index is 13.5. The van der Waals surface area contributed by atoms with Crippen molar-refractivity contribution in [2.24, 2.45) is 28.1 Å². The molecule has 46 heavy (non-hydrogen) atoms. The van der Waals surface area contributed by atoms with Gasteiger partial charge in [-0.2, -0.15) is 0 Å². The molecule has 0 radical (unpaired) electrons. The van der Waals surface area contributed by atoms with E-state index in [0.29, 0.717) is 19.3 Å². The highest BCUT2D eigenvalue weighted by Crippen LogP contribution is 2.20. The van der Waals surface area contributed by atoms with Crippen molar-refractivity contribution in [1.29, 1.82) is 0 Å². The summed E-state index contributed by atoms with van der Waals surface area (Å²) in [6, 6.07) is -5.55. The summed E-state index contributed by atoms with van der Waals surface area (Å²) in [7, 11) is 0. The lowest BCUT2D eigenvalue weighted by Gasteiger charge is -2.29. The third kappa shape index (κ3) is 11.5. The van der Waals surface area contributed by atoms with E-state index >= 15 is 0 Å². The summed E-state index contributed by atoms with van der Waals surface area (Å²) in [6.07, 6.45) is 1.49. The zero-order valence-corrected chi connectivity index (χ0v) is 26.3. The number of amides is 5. The smallest absolute Gasteiger partial charge is 0.326 e. The Hall–Kier alpha value is -4.48. The Morgan fingerprint density at radius 1 is 0.891 bits per heavy atom. The van der Waals surface area contributed by atoms with Crippen molar-refractivity contribution >= 4 is 47.4 Å². The molecule has 5 amide bonds. The van der Waals surface area contributed by atoms with Gasteiger partial charge in [-0.25, -0.2) is 4.79 Å². The van der Waals surface area contributed by atoms with Gasteiger partial charge in [0.1, 0.15) is 24.2 Å². The number of hydrogen-bond acceptors (Lipinski definition) is 9. The van der Waals surface area contributed by atoms with Gasteiger partial charge in [-0.3, -0.25) is 33.8 Å². The molecule has 2 saturated heterocycles. The summed E-state index contributed by atoms with van der Waals surface area (Å²) >= 11 is 0. The third-order valence-corrected chi connectivity index (χ3v) is 7.74. The van der Waals surface area contributed by atoms with Crippen LogP contribution in [0.3, 0.4) is 0 Å². The summed E-state index contributed by atoms with van der Waals surface area (Å²) in [6.45, 7) is 3.79. The maximum Gasteiger partial charge on any atom is 0.326 e. The quantitative estimate of drug-likeness (QED) is 0.0444. The van der Waals surface area contributed by atoms with E-state index < -0.39 is 84.6 Å². The summed E-state index contributed by atoms with van der Waals surface area (Å²) in [5.74, 6) is -5.87. The van der Waals surface area contributed by atoms with Crippen LogP contribution in [0.15, 0.2) is 4.99 Å². The second-order valence-electron chi connectivity index (χ2n) is 11.9. The average molecular weight is 654 g/mol. The number of carboxylic acids is 2. The number of rotatable bonds is 17. The Labute approximate surface area is 266 Å². The molecule has 18 nitrogen and oxygen atoms in total. The molecule has 0 aromatic rings. The molecule has 0 spiro atoms. The largest absolute Gasteiger partial charge is 0.481 e. The highest BCUT2D eigenvalue weighted by Gasteiger charge is 2.39. The molecular formula is C28H47N9O9. The lowest BCUT2D eigenvalue weighted by atomic mass is 10.0. The van der Waals surface area contributed by atoms with Gasteiger partial charge in [0.2, 0.25) is 29.5 Å². The first-order valence-corrected chi connectivity index (χ1v) is 15.4. The number of carbonyl (C=O) groups excluding carboxylic acids is 5. The number of nitrogens with zero attached hydrogens (tertiary/aromatic N) is 3. The molecule has 2 heterocycles. The minimum Gasteiger partial charge on any atom is -0.481 e. The highest BCUT2D eigenvalue weighted by atomic mass is 16.4. The van der Waals surface area contributed by atoms with Gasteiger partial charge in [0.05, 0.1) is 19.0 Å². The Balaban J connectivity index is 2.15. The van der Waals surface area contributed by atoms with E-state index in [1.165, 1.54) is 9.80 Å². The molecule has 11 N–H and O–H groups in total. The number of carbonyl (C=O) groups is 7. The Kier molecular flexibility index (Phi) is 14.6. The van der Waals surface area contributed by atoms with Gasteiger partial charge in [0, 0.05) is 19.6 Å². The highest BCUT2D eigenvalue weighted by molar-refractivity contribution is 5.96. The predicted octanol–water partition coefficient (Wildman–Crippen LogP) is -2.96. The normalized spacial score (nSPS) is 19.6. The zero-order valence-electron chi connectivity index (χ0n) is 26.3. The van der Waals surface area contributed by atoms with Crippen LogP contribution in [0.4, 0.5) is 0 Å². The molecule has 2 fully saturated rings. The molecule has 0 aliphatic carbocycles. The Morgan fingerprint density at radius 3 is 2.11 bits per heavy atom. The fourth-order valence-electron chi connectivity index (χ4n) is 5.52. The average Bonchev–Trinajstić information content (AvgIpc) is 3.66. The molecule has 0 aromatic heterocycles. The Morgan fingerprint density at radius 2 is 1.52 bits per heavy atom. The van der Waals surface area contributed by atoms with E-state index in [1.54, 1.807) is 0 Å².